The number of H-pyrrole nitrogens is 1. The van der Waals surface area contributed by atoms with Gasteiger partial charge in [0.1, 0.15) is 17.2 Å². The van der Waals surface area contributed by atoms with E-state index in [-0.39, 0.29) is 2.85 Å². The molecule has 0 amide bonds. The van der Waals surface area contributed by atoms with Gasteiger partial charge in [0.25, 0.3) is 0 Å². The monoisotopic (exact) mass is 417 g/mol. The largest absolute Gasteiger partial charge is 0.365 e. The number of hydrogen-bond donors (Lipinski definition) is 2. The highest BCUT2D eigenvalue weighted by Gasteiger charge is 2.43. The van der Waals surface area contributed by atoms with Crippen molar-refractivity contribution >= 4 is 33.7 Å². The predicted molar refractivity (Wildman–Crippen MR) is 129 cm³/mol. The number of likely N-dealkylation sites (tertiary alicyclic amines) is 1. The summed E-state index contributed by atoms with van der Waals surface area (Å²) in [5, 5.41) is 4.61. The van der Waals surface area contributed by atoms with Gasteiger partial charge in [0.15, 0.2) is 5.65 Å². The van der Waals surface area contributed by atoms with Crippen LogP contribution in [0.25, 0.3) is 22.1 Å². The third kappa shape index (κ3) is 3.49. The molecule has 0 aliphatic carbocycles. The topological polar surface area (TPSA) is 73.0 Å². The van der Waals surface area contributed by atoms with Crippen molar-refractivity contribution < 1.29 is 2.85 Å². The van der Waals surface area contributed by atoms with Crippen molar-refractivity contribution in [3.8, 4) is 0 Å². The molecule has 2 N–H and O–H groups in total. The fourth-order valence-electron chi connectivity index (χ4n) is 5.17. The molecule has 2 aliphatic heterocycles. The molecular formula is C24H31N7. The second-order valence-corrected chi connectivity index (χ2v) is 9.18. The molecule has 31 heavy (non-hydrogen) atoms. The van der Waals surface area contributed by atoms with Crippen LogP contribution in [0, 0.1) is 5.41 Å². The molecule has 7 nitrogen and oxygen atoms in total. The summed E-state index contributed by atoms with van der Waals surface area (Å²) < 4.78 is 0. The molecule has 7 heteroatoms. The van der Waals surface area contributed by atoms with Crippen molar-refractivity contribution in [3.63, 3.8) is 0 Å². The zero-order valence-corrected chi connectivity index (χ0v) is 17.8. The van der Waals surface area contributed by atoms with Crippen molar-refractivity contribution in [3.05, 3.63) is 54.4 Å². The van der Waals surface area contributed by atoms with E-state index in [1.807, 2.05) is 12.3 Å². The lowest BCUT2D eigenvalue weighted by Gasteiger charge is -2.53. The Morgan fingerprint density at radius 1 is 1.10 bits per heavy atom. The molecule has 5 heterocycles. The van der Waals surface area contributed by atoms with Gasteiger partial charge in [-0.05, 0) is 60.5 Å². The van der Waals surface area contributed by atoms with Crippen LogP contribution >= 0.6 is 0 Å². The first kappa shape index (κ1) is 18.6. The van der Waals surface area contributed by atoms with Crippen LogP contribution in [0.4, 0.5) is 11.6 Å². The van der Waals surface area contributed by atoms with E-state index in [4.69, 9.17) is 9.97 Å². The van der Waals surface area contributed by atoms with E-state index in [0.29, 0.717) is 17.6 Å². The van der Waals surface area contributed by atoms with Gasteiger partial charge >= 0.3 is 0 Å². The molecule has 0 bridgehead atoms. The number of aromatic amines is 1. The highest BCUT2D eigenvalue weighted by molar-refractivity contribution is 5.80. The SMILES string of the molecule is CN1CC2(CCN(c3ccc4ncc(NCc5ccc6cc[nH]c6c5)nc4n3)CC2)C1.[HH].[HH]. The van der Waals surface area contributed by atoms with Crippen LogP contribution in [0.2, 0.25) is 0 Å². The Bertz CT molecular complexity index is 1240. The smallest absolute Gasteiger partial charge is 0.182 e. The molecule has 1 aromatic carbocycles. The Labute approximate surface area is 184 Å². The van der Waals surface area contributed by atoms with E-state index in [9.17, 15) is 0 Å². The van der Waals surface area contributed by atoms with Crippen molar-refractivity contribution in [2.45, 2.75) is 19.4 Å². The van der Waals surface area contributed by atoms with E-state index in [2.05, 4.69) is 62.5 Å². The standard InChI is InChI=1S/C24H27N7.2H2/c1-30-15-24(16-30)7-10-31(11-8-24)22-5-4-19-23(29-22)28-21(14-26-19)27-13-17-2-3-18-6-9-25-20(18)12-17;;/h2-6,9,12,14,25H,7-8,10-11,13,15-16H2,1H3,(H,27,28,29);2*1H. The number of pyridine rings is 1. The summed E-state index contributed by atoms with van der Waals surface area (Å²) in [5.41, 5.74) is 4.42. The van der Waals surface area contributed by atoms with Gasteiger partial charge < -0.3 is 20.1 Å². The molecule has 1 spiro atoms. The Kier molecular flexibility index (Phi) is 4.31. The minimum absolute atomic E-state index is 0. The van der Waals surface area contributed by atoms with E-state index in [1.54, 1.807) is 6.20 Å². The molecule has 0 radical (unpaired) electrons. The average molecular weight is 418 g/mol. The normalized spacial score (nSPS) is 18.5. The first-order chi connectivity index (χ1) is 15.2. The Balaban J connectivity index is 0.00000130. The summed E-state index contributed by atoms with van der Waals surface area (Å²) >= 11 is 0. The minimum atomic E-state index is 0. The lowest BCUT2D eigenvalue weighted by Crippen LogP contribution is -2.58. The number of nitrogens with one attached hydrogen (secondary N) is 2. The summed E-state index contributed by atoms with van der Waals surface area (Å²) in [7, 11) is 2.21. The molecule has 0 atom stereocenters. The molecule has 2 fully saturated rings. The molecule has 162 valence electrons. The minimum Gasteiger partial charge on any atom is -0.365 e. The van der Waals surface area contributed by atoms with Crippen molar-refractivity contribution in [2.24, 2.45) is 5.41 Å². The summed E-state index contributed by atoms with van der Waals surface area (Å²) in [4.78, 5) is 22.2. The van der Waals surface area contributed by atoms with E-state index < -0.39 is 0 Å². The first-order valence-corrected chi connectivity index (χ1v) is 11.0. The van der Waals surface area contributed by atoms with Crippen LogP contribution in [-0.4, -0.2) is 58.1 Å². The van der Waals surface area contributed by atoms with E-state index >= 15 is 0 Å². The molecule has 0 saturated carbocycles. The summed E-state index contributed by atoms with van der Waals surface area (Å²) in [6.45, 7) is 5.31. The quantitative estimate of drug-likeness (QED) is 0.520. The van der Waals surface area contributed by atoms with E-state index in [0.717, 1.165) is 35.8 Å². The fourth-order valence-corrected chi connectivity index (χ4v) is 5.17. The molecule has 3 aromatic heterocycles. The maximum atomic E-state index is 4.85. The van der Waals surface area contributed by atoms with Crippen LogP contribution in [0.5, 0.6) is 0 Å². The lowest BCUT2D eigenvalue weighted by atomic mass is 9.72. The molecule has 4 aromatic rings. The highest BCUT2D eigenvalue weighted by atomic mass is 15.2. The van der Waals surface area contributed by atoms with Gasteiger partial charge in [0, 0.05) is 47.3 Å². The zero-order chi connectivity index (χ0) is 20.8. The highest BCUT2D eigenvalue weighted by Crippen LogP contribution is 2.40. The number of nitrogens with zero attached hydrogens (tertiary/aromatic N) is 5. The molecular weight excluding hydrogens is 386 g/mol. The van der Waals surface area contributed by atoms with Gasteiger partial charge in [-0.1, -0.05) is 12.1 Å². The Hall–Kier alpha value is -3.19. The van der Waals surface area contributed by atoms with Crippen molar-refractivity contribution in [2.75, 3.05) is 43.4 Å². The summed E-state index contributed by atoms with van der Waals surface area (Å²) in [5.74, 6) is 1.76. The maximum Gasteiger partial charge on any atom is 0.182 e. The zero-order valence-electron chi connectivity index (χ0n) is 17.8. The van der Waals surface area contributed by atoms with Gasteiger partial charge in [-0.15, -0.1) is 0 Å². The summed E-state index contributed by atoms with van der Waals surface area (Å²) in [6, 6.07) is 12.6. The third-order valence-electron chi connectivity index (χ3n) is 6.84. The van der Waals surface area contributed by atoms with Crippen molar-refractivity contribution in [1.82, 2.24) is 24.8 Å². The van der Waals surface area contributed by atoms with Gasteiger partial charge in [-0.2, -0.15) is 0 Å². The first-order valence-electron chi connectivity index (χ1n) is 11.0. The second kappa shape index (κ2) is 7.20. The van der Waals surface area contributed by atoms with Crippen LogP contribution < -0.4 is 10.2 Å². The number of rotatable bonds is 4. The third-order valence-corrected chi connectivity index (χ3v) is 6.84. The lowest BCUT2D eigenvalue weighted by molar-refractivity contribution is 0.00122. The molecule has 0 unspecified atom stereocenters. The van der Waals surface area contributed by atoms with Gasteiger partial charge in [0.05, 0.1) is 6.20 Å². The Morgan fingerprint density at radius 2 is 1.97 bits per heavy atom. The van der Waals surface area contributed by atoms with Crippen molar-refractivity contribution in [1.29, 1.82) is 0 Å². The van der Waals surface area contributed by atoms with Gasteiger partial charge in [-0.25, -0.2) is 15.0 Å². The van der Waals surface area contributed by atoms with Crippen LogP contribution in [0.15, 0.2) is 48.8 Å². The van der Waals surface area contributed by atoms with E-state index in [1.165, 1.54) is 36.9 Å². The number of aromatic nitrogens is 4. The number of hydrogen-bond acceptors (Lipinski definition) is 6. The van der Waals surface area contributed by atoms with Gasteiger partial charge in [-0.3, -0.25) is 0 Å². The maximum absolute atomic E-state index is 4.85. The fraction of sp³-hybridized carbons (Fsp3) is 0.375. The summed E-state index contributed by atoms with van der Waals surface area (Å²) in [6.07, 6.45) is 6.24. The second-order valence-electron chi connectivity index (χ2n) is 9.18. The van der Waals surface area contributed by atoms with Gasteiger partial charge in [0.2, 0.25) is 0 Å². The Morgan fingerprint density at radius 3 is 2.81 bits per heavy atom. The average Bonchev–Trinajstić information content (AvgIpc) is 3.25. The number of anilines is 2. The van der Waals surface area contributed by atoms with Crippen LogP contribution in [0.3, 0.4) is 0 Å². The predicted octanol–water partition coefficient (Wildman–Crippen LogP) is 4.14. The number of benzene rings is 1. The molecule has 2 saturated heterocycles. The number of fused-ring (bicyclic) bond motifs is 2. The molecule has 2 aliphatic rings. The van der Waals surface area contributed by atoms with Crippen LogP contribution in [0.1, 0.15) is 21.3 Å². The number of piperidine rings is 1. The van der Waals surface area contributed by atoms with Crippen LogP contribution in [-0.2, 0) is 6.54 Å². The molecule has 6 rings (SSSR count).